The van der Waals surface area contributed by atoms with E-state index in [0.717, 1.165) is 5.92 Å². The zero-order chi connectivity index (χ0) is 8.32. The largest absolute Gasteiger partial charge is 0.0941 e. The Hall–Kier alpha value is 0.700. The highest BCUT2D eigenvalue weighted by Crippen LogP contribution is 2.39. The fourth-order valence-electron chi connectivity index (χ4n) is 1.51. The van der Waals surface area contributed by atoms with Crippen LogP contribution in [-0.4, -0.2) is 11.5 Å². The van der Waals surface area contributed by atoms with Gasteiger partial charge in [0, 0.05) is 11.5 Å². The van der Waals surface area contributed by atoms with Crippen molar-refractivity contribution in [1.82, 2.24) is 0 Å². The van der Waals surface area contributed by atoms with Crippen molar-refractivity contribution in [1.29, 1.82) is 0 Å². The lowest BCUT2D eigenvalue weighted by Gasteiger charge is -2.29. The van der Waals surface area contributed by atoms with E-state index in [-0.39, 0.29) is 0 Å². The summed E-state index contributed by atoms with van der Waals surface area (Å²) in [4.78, 5) is 0. The Morgan fingerprint density at radius 1 is 1.00 bits per heavy atom. The summed E-state index contributed by atoms with van der Waals surface area (Å²) in [6, 6.07) is 0. The third kappa shape index (κ3) is 3.29. The van der Waals surface area contributed by atoms with E-state index in [0.29, 0.717) is 5.41 Å². The topological polar surface area (TPSA) is 0 Å². The van der Waals surface area contributed by atoms with Crippen LogP contribution in [0.5, 0.6) is 0 Å². The second kappa shape index (κ2) is 4.08. The molecule has 0 bridgehead atoms. The molecule has 0 radical (unpaired) electrons. The van der Waals surface area contributed by atoms with Crippen LogP contribution in [0.15, 0.2) is 0 Å². The van der Waals surface area contributed by atoms with Crippen molar-refractivity contribution in [2.24, 2.45) is 11.3 Å². The summed E-state index contributed by atoms with van der Waals surface area (Å²) in [5.41, 5.74) is 0.533. The molecular formula is C9H18S2. The molecule has 0 N–H and O–H groups in total. The van der Waals surface area contributed by atoms with E-state index in [1.807, 2.05) is 0 Å². The lowest BCUT2D eigenvalue weighted by Crippen LogP contribution is -2.20. The van der Waals surface area contributed by atoms with Gasteiger partial charge < -0.3 is 0 Å². The van der Waals surface area contributed by atoms with Crippen molar-refractivity contribution in [3.05, 3.63) is 0 Å². The third-order valence-electron chi connectivity index (χ3n) is 2.41. The van der Waals surface area contributed by atoms with Crippen LogP contribution in [0.2, 0.25) is 0 Å². The summed E-state index contributed by atoms with van der Waals surface area (Å²) in [6.07, 6.45) is 2.84. The first-order valence-corrected chi connectivity index (χ1v) is 6.84. The molecule has 1 saturated heterocycles. The molecule has 0 aromatic carbocycles. The van der Waals surface area contributed by atoms with Gasteiger partial charge in [-0.05, 0) is 24.2 Å². The molecule has 11 heavy (non-hydrogen) atoms. The molecule has 1 rings (SSSR count). The van der Waals surface area contributed by atoms with Crippen molar-refractivity contribution in [2.75, 3.05) is 11.5 Å². The standard InChI is InChI=1S/C9H18S2/c1-9(2,3)8-4-6-10-11-7-5-8/h8H,4-7H2,1-3H3. The highest BCUT2D eigenvalue weighted by molar-refractivity contribution is 8.76. The van der Waals surface area contributed by atoms with Crippen molar-refractivity contribution in [2.45, 2.75) is 33.6 Å². The predicted molar refractivity (Wildman–Crippen MR) is 57.1 cm³/mol. The highest BCUT2D eigenvalue weighted by atomic mass is 33.1. The van der Waals surface area contributed by atoms with Gasteiger partial charge in [-0.15, -0.1) is 0 Å². The third-order valence-corrected chi connectivity index (χ3v) is 4.88. The average Bonchev–Trinajstić information content (AvgIpc) is 2.10. The molecule has 0 unspecified atom stereocenters. The zero-order valence-electron chi connectivity index (χ0n) is 7.72. The van der Waals surface area contributed by atoms with E-state index in [1.54, 1.807) is 0 Å². The van der Waals surface area contributed by atoms with Crippen LogP contribution in [0.4, 0.5) is 0 Å². The Labute approximate surface area is 78.3 Å². The summed E-state index contributed by atoms with van der Waals surface area (Å²) < 4.78 is 0. The lowest BCUT2D eigenvalue weighted by molar-refractivity contribution is 0.230. The van der Waals surface area contributed by atoms with Crippen LogP contribution >= 0.6 is 21.6 Å². The summed E-state index contributed by atoms with van der Waals surface area (Å²) in [5.74, 6) is 3.66. The molecule has 1 aliphatic rings. The van der Waals surface area contributed by atoms with Crippen molar-refractivity contribution >= 4 is 21.6 Å². The number of hydrogen-bond donors (Lipinski definition) is 0. The minimum Gasteiger partial charge on any atom is -0.0941 e. The molecule has 0 spiro atoms. The monoisotopic (exact) mass is 190 g/mol. The summed E-state index contributed by atoms with van der Waals surface area (Å²) in [7, 11) is 4.10. The fraction of sp³-hybridized carbons (Fsp3) is 1.00. The number of hydrogen-bond acceptors (Lipinski definition) is 2. The van der Waals surface area contributed by atoms with E-state index in [1.165, 1.54) is 24.3 Å². The Balaban J connectivity index is 2.43. The lowest BCUT2D eigenvalue weighted by atomic mass is 9.77. The maximum absolute atomic E-state index is 2.37. The van der Waals surface area contributed by atoms with Gasteiger partial charge in [-0.1, -0.05) is 42.4 Å². The van der Waals surface area contributed by atoms with Crippen molar-refractivity contribution in [3.63, 3.8) is 0 Å². The maximum Gasteiger partial charge on any atom is 0.00397 e. The van der Waals surface area contributed by atoms with E-state index in [2.05, 4.69) is 42.4 Å². The second-order valence-electron chi connectivity index (χ2n) is 4.28. The number of rotatable bonds is 0. The Bertz CT molecular complexity index is 107. The molecule has 66 valence electrons. The molecule has 1 heterocycles. The van der Waals surface area contributed by atoms with Crippen LogP contribution in [0.3, 0.4) is 0 Å². The Morgan fingerprint density at radius 2 is 1.45 bits per heavy atom. The van der Waals surface area contributed by atoms with E-state index in [9.17, 15) is 0 Å². The van der Waals surface area contributed by atoms with Gasteiger partial charge in [-0.25, -0.2) is 0 Å². The van der Waals surface area contributed by atoms with Gasteiger partial charge in [0.1, 0.15) is 0 Å². The van der Waals surface area contributed by atoms with Crippen LogP contribution in [-0.2, 0) is 0 Å². The molecule has 0 atom stereocenters. The van der Waals surface area contributed by atoms with Gasteiger partial charge in [0.05, 0.1) is 0 Å². The molecule has 0 saturated carbocycles. The molecule has 0 aromatic rings. The smallest absolute Gasteiger partial charge is 0.00397 e. The molecule has 1 fully saturated rings. The van der Waals surface area contributed by atoms with Gasteiger partial charge in [0.2, 0.25) is 0 Å². The van der Waals surface area contributed by atoms with E-state index >= 15 is 0 Å². The summed E-state index contributed by atoms with van der Waals surface area (Å²) in [6.45, 7) is 7.12. The molecule has 0 aromatic heterocycles. The second-order valence-corrected chi connectivity index (χ2v) is 6.99. The molecule has 0 nitrogen and oxygen atoms in total. The SMILES string of the molecule is CC(C)(C)C1CCSSCC1. The van der Waals surface area contributed by atoms with Crippen molar-refractivity contribution in [3.8, 4) is 0 Å². The summed E-state index contributed by atoms with van der Waals surface area (Å²) >= 11 is 0. The normalized spacial score (nSPS) is 23.2. The average molecular weight is 190 g/mol. The first-order chi connectivity index (χ1) is 5.11. The predicted octanol–water partition coefficient (Wildman–Crippen LogP) is 3.82. The molecule has 1 aliphatic heterocycles. The van der Waals surface area contributed by atoms with Gasteiger partial charge >= 0.3 is 0 Å². The molecule has 2 heteroatoms. The van der Waals surface area contributed by atoms with Crippen LogP contribution in [0.1, 0.15) is 33.6 Å². The van der Waals surface area contributed by atoms with E-state index < -0.39 is 0 Å². The van der Waals surface area contributed by atoms with Crippen LogP contribution < -0.4 is 0 Å². The van der Waals surface area contributed by atoms with Crippen LogP contribution in [0.25, 0.3) is 0 Å². The maximum atomic E-state index is 2.37. The Kier molecular flexibility index (Phi) is 3.63. The van der Waals surface area contributed by atoms with Gasteiger partial charge in [-0.2, -0.15) is 0 Å². The van der Waals surface area contributed by atoms with Crippen molar-refractivity contribution < 1.29 is 0 Å². The van der Waals surface area contributed by atoms with Crippen LogP contribution in [0, 0.1) is 11.3 Å². The quantitative estimate of drug-likeness (QED) is 0.533. The molecule has 0 amide bonds. The first kappa shape index (κ1) is 9.79. The molecular weight excluding hydrogens is 172 g/mol. The first-order valence-electron chi connectivity index (χ1n) is 4.35. The molecule has 0 aliphatic carbocycles. The Morgan fingerprint density at radius 3 is 1.82 bits per heavy atom. The highest BCUT2D eigenvalue weighted by Gasteiger charge is 2.25. The van der Waals surface area contributed by atoms with E-state index in [4.69, 9.17) is 0 Å². The van der Waals surface area contributed by atoms with Gasteiger partial charge in [0.15, 0.2) is 0 Å². The van der Waals surface area contributed by atoms with Gasteiger partial charge in [0.25, 0.3) is 0 Å². The minimum atomic E-state index is 0.533. The van der Waals surface area contributed by atoms with Gasteiger partial charge in [-0.3, -0.25) is 0 Å². The summed E-state index contributed by atoms with van der Waals surface area (Å²) in [5, 5.41) is 0. The fourth-order valence-corrected chi connectivity index (χ4v) is 3.79. The minimum absolute atomic E-state index is 0.533. The zero-order valence-corrected chi connectivity index (χ0v) is 9.36.